The van der Waals surface area contributed by atoms with Crippen molar-refractivity contribution in [1.82, 2.24) is 34.2 Å². The third-order valence-corrected chi connectivity index (χ3v) is 6.17. The summed E-state index contributed by atoms with van der Waals surface area (Å²) in [5.41, 5.74) is 4.76. The van der Waals surface area contributed by atoms with Crippen molar-refractivity contribution in [3.05, 3.63) is 43.2 Å². The van der Waals surface area contributed by atoms with E-state index < -0.39 is 0 Å². The largest absolute Gasteiger partial charge is 0.269 e. The summed E-state index contributed by atoms with van der Waals surface area (Å²) < 4.78 is 6.06. The predicted octanol–water partition coefficient (Wildman–Crippen LogP) is 5.81. The van der Waals surface area contributed by atoms with E-state index in [4.69, 9.17) is 4.98 Å². The van der Waals surface area contributed by atoms with Gasteiger partial charge in [0.05, 0.1) is 53.8 Å². The highest BCUT2D eigenvalue weighted by atomic mass is 15.3. The lowest BCUT2D eigenvalue weighted by Gasteiger charge is -2.20. The smallest absolute Gasteiger partial charge is 0.0999 e. The molecule has 31 heavy (non-hydrogen) atoms. The van der Waals surface area contributed by atoms with E-state index in [9.17, 15) is 0 Å². The molecule has 0 radical (unpaired) electrons. The molecule has 4 aromatic rings. The van der Waals surface area contributed by atoms with Gasteiger partial charge in [-0.25, -0.2) is 9.50 Å². The summed E-state index contributed by atoms with van der Waals surface area (Å²) in [5.74, 6) is 0.528. The molecule has 0 aromatic carbocycles. The Bertz CT molecular complexity index is 1130. The fourth-order valence-corrected chi connectivity index (χ4v) is 4.32. The average Bonchev–Trinajstić information content (AvgIpc) is 3.52. The normalized spacial score (nSPS) is 13.0. The Hall–Kier alpha value is -2.96. The molecule has 0 aliphatic carbocycles. The maximum Gasteiger partial charge on any atom is 0.0999 e. The molecular formula is C24H33N7. The van der Waals surface area contributed by atoms with Crippen LogP contribution < -0.4 is 0 Å². The van der Waals surface area contributed by atoms with Crippen molar-refractivity contribution in [3.8, 4) is 22.5 Å². The highest BCUT2D eigenvalue weighted by molar-refractivity contribution is 5.78. The van der Waals surface area contributed by atoms with E-state index in [1.165, 1.54) is 0 Å². The molecule has 1 atom stereocenters. The number of fused-ring (bicyclic) bond motifs is 1. The maximum atomic E-state index is 5.03. The molecule has 0 aliphatic heterocycles. The van der Waals surface area contributed by atoms with Crippen LogP contribution in [0.3, 0.4) is 0 Å². The SMILES string of the molecule is CCCC(C(C)C)n1cc(-c2cn3nccc3c(-c3cnn(C(CC)CC)c3)n2)cn1. The van der Waals surface area contributed by atoms with Crippen LogP contribution in [0.1, 0.15) is 72.4 Å². The molecule has 0 spiro atoms. The first-order valence-electron chi connectivity index (χ1n) is 11.5. The van der Waals surface area contributed by atoms with Crippen LogP contribution in [0.25, 0.3) is 28.0 Å². The number of hydrogen-bond acceptors (Lipinski definition) is 4. The van der Waals surface area contributed by atoms with Crippen molar-refractivity contribution in [3.63, 3.8) is 0 Å². The number of nitrogens with zero attached hydrogens (tertiary/aromatic N) is 7. The van der Waals surface area contributed by atoms with E-state index in [2.05, 4.69) is 71.7 Å². The van der Waals surface area contributed by atoms with Crippen molar-refractivity contribution < 1.29 is 0 Å². The van der Waals surface area contributed by atoms with Crippen LogP contribution in [0, 0.1) is 5.92 Å². The van der Waals surface area contributed by atoms with Gasteiger partial charge in [0.2, 0.25) is 0 Å². The van der Waals surface area contributed by atoms with Crippen LogP contribution in [0.2, 0.25) is 0 Å². The molecule has 0 amide bonds. The fourth-order valence-electron chi connectivity index (χ4n) is 4.32. The van der Waals surface area contributed by atoms with E-state index >= 15 is 0 Å². The van der Waals surface area contributed by atoms with E-state index in [0.717, 1.165) is 53.7 Å². The van der Waals surface area contributed by atoms with Gasteiger partial charge in [-0.05, 0) is 31.2 Å². The summed E-state index contributed by atoms with van der Waals surface area (Å²) in [4.78, 5) is 5.03. The Labute approximate surface area is 184 Å². The van der Waals surface area contributed by atoms with Crippen molar-refractivity contribution in [2.45, 2.75) is 72.4 Å². The molecule has 0 aliphatic rings. The molecule has 0 bridgehead atoms. The standard InChI is InChI=1S/C24H33N7/c1-6-9-22(17(4)5)30-14-18(12-27-30)21-16-31-23(10-11-25-31)24(28-21)19-13-26-29(15-19)20(7-2)8-3/h10-17,20,22H,6-9H2,1-5H3. The van der Waals surface area contributed by atoms with E-state index in [-0.39, 0.29) is 0 Å². The Morgan fingerprint density at radius 1 is 0.871 bits per heavy atom. The highest BCUT2D eigenvalue weighted by Gasteiger charge is 2.18. The Morgan fingerprint density at radius 3 is 2.29 bits per heavy atom. The van der Waals surface area contributed by atoms with Crippen LogP contribution in [0.15, 0.2) is 43.2 Å². The van der Waals surface area contributed by atoms with Gasteiger partial charge in [0.25, 0.3) is 0 Å². The Morgan fingerprint density at radius 2 is 1.58 bits per heavy atom. The molecular weight excluding hydrogens is 386 g/mol. The van der Waals surface area contributed by atoms with E-state index in [1.54, 1.807) is 0 Å². The lowest BCUT2D eigenvalue weighted by atomic mass is 10.00. The summed E-state index contributed by atoms with van der Waals surface area (Å²) in [6.07, 6.45) is 16.2. The van der Waals surface area contributed by atoms with Gasteiger partial charge >= 0.3 is 0 Å². The van der Waals surface area contributed by atoms with Gasteiger partial charge in [-0.15, -0.1) is 0 Å². The average molecular weight is 420 g/mol. The van der Waals surface area contributed by atoms with Crippen LogP contribution in [-0.2, 0) is 0 Å². The van der Waals surface area contributed by atoms with Gasteiger partial charge in [0.15, 0.2) is 0 Å². The lowest BCUT2D eigenvalue weighted by molar-refractivity contribution is 0.323. The zero-order valence-corrected chi connectivity index (χ0v) is 19.2. The lowest BCUT2D eigenvalue weighted by Crippen LogP contribution is -2.15. The predicted molar refractivity (Wildman–Crippen MR) is 124 cm³/mol. The third kappa shape index (κ3) is 4.13. The van der Waals surface area contributed by atoms with Crippen molar-refractivity contribution in [1.29, 1.82) is 0 Å². The summed E-state index contributed by atoms with van der Waals surface area (Å²) in [7, 11) is 0. The minimum atomic E-state index is 0.393. The fraction of sp³-hybridized carbons (Fsp3) is 0.500. The van der Waals surface area contributed by atoms with Gasteiger partial charge < -0.3 is 0 Å². The van der Waals surface area contributed by atoms with E-state index in [0.29, 0.717) is 18.0 Å². The first-order valence-corrected chi connectivity index (χ1v) is 11.5. The monoisotopic (exact) mass is 419 g/mol. The summed E-state index contributed by atoms with van der Waals surface area (Å²) in [6, 6.07) is 2.80. The summed E-state index contributed by atoms with van der Waals surface area (Å²) in [5, 5.41) is 13.8. The topological polar surface area (TPSA) is 65.8 Å². The Kier molecular flexibility index (Phi) is 6.20. The molecule has 1 unspecified atom stereocenters. The van der Waals surface area contributed by atoms with E-state index in [1.807, 2.05) is 35.4 Å². The summed E-state index contributed by atoms with van der Waals surface area (Å²) >= 11 is 0. The number of hydrogen-bond donors (Lipinski definition) is 0. The number of aromatic nitrogens is 7. The summed E-state index contributed by atoms with van der Waals surface area (Å²) in [6.45, 7) is 11.1. The van der Waals surface area contributed by atoms with Crippen LogP contribution in [0.4, 0.5) is 0 Å². The Balaban J connectivity index is 1.75. The molecule has 0 saturated heterocycles. The molecule has 0 saturated carbocycles. The highest BCUT2D eigenvalue weighted by Crippen LogP contribution is 2.29. The van der Waals surface area contributed by atoms with Crippen molar-refractivity contribution >= 4 is 5.52 Å². The third-order valence-electron chi connectivity index (χ3n) is 6.17. The molecule has 4 rings (SSSR count). The molecule has 4 aromatic heterocycles. The molecule has 7 nitrogen and oxygen atoms in total. The van der Waals surface area contributed by atoms with Crippen molar-refractivity contribution in [2.75, 3.05) is 0 Å². The zero-order chi connectivity index (χ0) is 22.0. The molecule has 4 heterocycles. The molecule has 0 fully saturated rings. The van der Waals surface area contributed by atoms with Gasteiger partial charge in [-0.3, -0.25) is 9.36 Å². The maximum absolute atomic E-state index is 5.03. The minimum absolute atomic E-state index is 0.393. The first-order chi connectivity index (χ1) is 15.0. The van der Waals surface area contributed by atoms with Gasteiger partial charge in [0, 0.05) is 23.5 Å². The van der Waals surface area contributed by atoms with Crippen LogP contribution in [-0.4, -0.2) is 34.2 Å². The van der Waals surface area contributed by atoms with Gasteiger partial charge in [0.1, 0.15) is 0 Å². The second-order valence-corrected chi connectivity index (χ2v) is 8.62. The second kappa shape index (κ2) is 9.04. The van der Waals surface area contributed by atoms with Crippen LogP contribution >= 0.6 is 0 Å². The molecule has 0 N–H and O–H groups in total. The van der Waals surface area contributed by atoms with Crippen LogP contribution in [0.5, 0.6) is 0 Å². The van der Waals surface area contributed by atoms with Gasteiger partial charge in [-0.2, -0.15) is 15.3 Å². The molecule has 164 valence electrons. The second-order valence-electron chi connectivity index (χ2n) is 8.62. The van der Waals surface area contributed by atoms with Gasteiger partial charge in [-0.1, -0.05) is 41.0 Å². The zero-order valence-electron chi connectivity index (χ0n) is 19.2. The quantitative estimate of drug-likeness (QED) is 0.343. The molecule has 7 heteroatoms. The number of rotatable bonds is 9. The minimum Gasteiger partial charge on any atom is -0.269 e. The first kappa shape index (κ1) is 21.3. The van der Waals surface area contributed by atoms with Crippen molar-refractivity contribution in [2.24, 2.45) is 5.92 Å².